The molecule has 0 saturated heterocycles. The van der Waals surface area contributed by atoms with Crippen LogP contribution >= 0.6 is 11.6 Å². The molecule has 15 heavy (non-hydrogen) atoms. The van der Waals surface area contributed by atoms with Gasteiger partial charge in [0, 0.05) is 24.1 Å². The maximum atomic E-state index is 9.85. The van der Waals surface area contributed by atoms with Crippen LogP contribution in [0.4, 0.5) is 0 Å². The summed E-state index contributed by atoms with van der Waals surface area (Å²) in [5.41, 5.74) is 1.69. The summed E-state index contributed by atoms with van der Waals surface area (Å²) in [6, 6.07) is 1.86. The Hall–Kier alpha value is -0.930. The summed E-state index contributed by atoms with van der Waals surface area (Å²) >= 11 is 6.09. The van der Waals surface area contributed by atoms with Crippen LogP contribution in [0.3, 0.4) is 0 Å². The van der Waals surface area contributed by atoms with Gasteiger partial charge in [-0.25, -0.2) is 0 Å². The summed E-state index contributed by atoms with van der Waals surface area (Å²) in [5, 5.41) is 13.3. The molecule has 1 unspecified atom stereocenters. The highest BCUT2D eigenvalue weighted by Crippen LogP contribution is 2.41. The zero-order valence-electron chi connectivity index (χ0n) is 8.80. The monoisotopic (exact) mass is 227 g/mol. The third-order valence-electron chi connectivity index (χ3n) is 2.57. The van der Waals surface area contributed by atoms with Crippen molar-refractivity contribution >= 4 is 11.6 Å². The average Bonchev–Trinajstić information content (AvgIpc) is 2.56. The summed E-state index contributed by atoms with van der Waals surface area (Å²) in [4.78, 5) is 0. The SMILES string of the molecule is CNCc1cc2c(c(Cl)c1O)CC(C)O2. The molecule has 2 N–H and O–H groups in total. The number of fused-ring (bicyclic) bond motifs is 1. The van der Waals surface area contributed by atoms with Gasteiger partial charge >= 0.3 is 0 Å². The first kappa shape index (κ1) is 10.6. The second-order valence-corrected chi connectivity index (χ2v) is 4.22. The number of rotatable bonds is 2. The van der Waals surface area contributed by atoms with E-state index in [0.29, 0.717) is 11.6 Å². The van der Waals surface area contributed by atoms with Crippen LogP contribution in [0.5, 0.6) is 11.5 Å². The van der Waals surface area contributed by atoms with Crippen LogP contribution in [0.15, 0.2) is 6.07 Å². The van der Waals surface area contributed by atoms with Gasteiger partial charge in [0.1, 0.15) is 17.6 Å². The molecule has 0 aliphatic carbocycles. The molecule has 0 spiro atoms. The summed E-state index contributed by atoms with van der Waals surface area (Å²) in [6.45, 7) is 2.57. The summed E-state index contributed by atoms with van der Waals surface area (Å²) in [5.74, 6) is 0.970. The fourth-order valence-electron chi connectivity index (χ4n) is 1.87. The number of benzene rings is 1. The highest BCUT2D eigenvalue weighted by molar-refractivity contribution is 6.33. The Bertz CT molecular complexity index is 392. The molecule has 0 saturated carbocycles. The number of hydrogen-bond donors (Lipinski definition) is 2. The number of hydrogen-bond acceptors (Lipinski definition) is 3. The van der Waals surface area contributed by atoms with Gasteiger partial charge in [0.15, 0.2) is 0 Å². The van der Waals surface area contributed by atoms with E-state index in [1.54, 1.807) is 0 Å². The van der Waals surface area contributed by atoms with Crippen LogP contribution in [0.1, 0.15) is 18.1 Å². The molecule has 1 heterocycles. The number of halogens is 1. The minimum atomic E-state index is 0.140. The first-order valence-electron chi connectivity index (χ1n) is 4.98. The summed E-state index contributed by atoms with van der Waals surface area (Å²) in [7, 11) is 1.82. The molecule has 82 valence electrons. The third-order valence-corrected chi connectivity index (χ3v) is 2.97. The minimum absolute atomic E-state index is 0.140. The number of ether oxygens (including phenoxy) is 1. The first-order valence-corrected chi connectivity index (χ1v) is 5.35. The number of phenolic OH excluding ortho intramolecular Hbond substituents is 1. The minimum Gasteiger partial charge on any atom is -0.506 e. The predicted octanol–water partition coefficient (Wildman–Crippen LogP) is 2.09. The van der Waals surface area contributed by atoms with E-state index in [1.807, 2.05) is 20.0 Å². The quantitative estimate of drug-likeness (QED) is 0.813. The van der Waals surface area contributed by atoms with Gasteiger partial charge in [0.05, 0.1) is 5.02 Å². The Kier molecular flexibility index (Phi) is 2.76. The fourth-order valence-corrected chi connectivity index (χ4v) is 2.16. The van der Waals surface area contributed by atoms with Crippen LogP contribution in [0, 0.1) is 0 Å². The molecule has 1 atom stereocenters. The second kappa shape index (κ2) is 3.91. The normalized spacial score (nSPS) is 18.7. The average molecular weight is 228 g/mol. The van der Waals surface area contributed by atoms with E-state index in [1.165, 1.54) is 0 Å². The van der Waals surface area contributed by atoms with E-state index in [0.717, 1.165) is 23.3 Å². The Balaban J connectivity index is 2.47. The van der Waals surface area contributed by atoms with Crippen molar-refractivity contribution in [2.45, 2.75) is 26.0 Å². The van der Waals surface area contributed by atoms with Crippen molar-refractivity contribution in [3.05, 3.63) is 22.2 Å². The van der Waals surface area contributed by atoms with Gasteiger partial charge in [-0.3, -0.25) is 0 Å². The molecule has 2 rings (SSSR count). The van der Waals surface area contributed by atoms with E-state index in [-0.39, 0.29) is 11.9 Å². The lowest BCUT2D eigenvalue weighted by atomic mass is 10.1. The van der Waals surface area contributed by atoms with E-state index in [4.69, 9.17) is 16.3 Å². The van der Waals surface area contributed by atoms with Crippen molar-refractivity contribution in [1.82, 2.24) is 5.32 Å². The number of phenols is 1. The van der Waals surface area contributed by atoms with Gasteiger partial charge in [-0.2, -0.15) is 0 Å². The lowest BCUT2D eigenvalue weighted by molar-refractivity contribution is 0.254. The Morgan fingerprint density at radius 3 is 3.07 bits per heavy atom. The van der Waals surface area contributed by atoms with Crippen molar-refractivity contribution in [3.63, 3.8) is 0 Å². The standard InChI is InChI=1S/C11H14ClNO2/c1-6-3-8-9(15-6)4-7(5-13-2)11(14)10(8)12/h4,6,13-14H,3,5H2,1-2H3. The van der Waals surface area contributed by atoms with Crippen molar-refractivity contribution < 1.29 is 9.84 Å². The van der Waals surface area contributed by atoms with Crippen LogP contribution in [-0.4, -0.2) is 18.3 Å². The molecule has 3 nitrogen and oxygen atoms in total. The Labute approximate surface area is 94.0 Å². The van der Waals surface area contributed by atoms with Crippen molar-refractivity contribution in [2.24, 2.45) is 0 Å². The van der Waals surface area contributed by atoms with Gasteiger partial charge in [0.25, 0.3) is 0 Å². The van der Waals surface area contributed by atoms with Crippen molar-refractivity contribution in [2.75, 3.05) is 7.05 Å². The molecule has 1 aromatic carbocycles. The van der Waals surface area contributed by atoms with Crippen molar-refractivity contribution in [1.29, 1.82) is 0 Å². The van der Waals surface area contributed by atoms with Crippen LogP contribution < -0.4 is 10.1 Å². The summed E-state index contributed by atoms with van der Waals surface area (Å²) in [6.07, 6.45) is 0.906. The molecule has 0 fully saturated rings. The number of nitrogens with one attached hydrogen (secondary N) is 1. The molecular weight excluding hydrogens is 214 g/mol. The molecule has 0 aromatic heterocycles. The van der Waals surface area contributed by atoms with Gasteiger partial charge in [-0.05, 0) is 20.0 Å². The zero-order chi connectivity index (χ0) is 11.0. The van der Waals surface area contributed by atoms with E-state index < -0.39 is 0 Å². The van der Waals surface area contributed by atoms with Gasteiger partial charge in [-0.15, -0.1) is 0 Å². The second-order valence-electron chi connectivity index (χ2n) is 3.84. The van der Waals surface area contributed by atoms with Gasteiger partial charge in [0.2, 0.25) is 0 Å². The molecule has 4 heteroatoms. The molecule has 0 radical (unpaired) electrons. The molecule has 0 amide bonds. The molecule has 1 aliphatic heterocycles. The largest absolute Gasteiger partial charge is 0.506 e. The number of aromatic hydroxyl groups is 1. The Morgan fingerprint density at radius 2 is 2.40 bits per heavy atom. The van der Waals surface area contributed by atoms with Gasteiger partial charge < -0.3 is 15.2 Å². The fraction of sp³-hybridized carbons (Fsp3) is 0.455. The molecular formula is C11H14ClNO2. The topological polar surface area (TPSA) is 41.5 Å². The first-order chi connectivity index (χ1) is 7.13. The van der Waals surface area contributed by atoms with E-state index in [9.17, 15) is 5.11 Å². The lowest BCUT2D eigenvalue weighted by Crippen LogP contribution is -2.06. The predicted molar refractivity (Wildman–Crippen MR) is 59.7 cm³/mol. The third kappa shape index (κ3) is 1.77. The highest BCUT2D eigenvalue weighted by Gasteiger charge is 2.25. The van der Waals surface area contributed by atoms with Crippen molar-refractivity contribution in [3.8, 4) is 11.5 Å². The van der Waals surface area contributed by atoms with Crippen LogP contribution in [0.25, 0.3) is 0 Å². The van der Waals surface area contributed by atoms with E-state index >= 15 is 0 Å². The zero-order valence-corrected chi connectivity index (χ0v) is 9.56. The summed E-state index contributed by atoms with van der Waals surface area (Å²) < 4.78 is 5.61. The van der Waals surface area contributed by atoms with E-state index in [2.05, 4.69) is 5.32 Å². The van der Waals surface area contributed by atoms with Crippen LogP contribution in [0.2, 0.25) is 5.02 Å². The maximum absolute atomic E-state index is 9.85. The smallest absolute Gasteiger partial charge is 0.139 e. The highest BCUT2D eigenvalue weighted by atomic mass is 35.5. The van der Waals surface area contributed by atoms with Crippen LogP contribution in [-0.2, 0) is 13.0 Å². The molecule has 0 bridgehead atoms. The van der Waals surface area contributed by atoms with Gasteiger partial charge in [-0.1, -0.05) is 11.6 Å². The Morgan fingerprint density at radius 1 is 1.67 bits per heavy atom. The lowest BCUT2D eigenvalue weighted by Gasteiger charge is -2.09. The molecule has 1 aromatic rings. The maximum Gasteiger partial charge on any atom is 0.139 e. The molecule has 1 aliphatic rings.